The van der Waals surface area contributed by atoms with E-state index < -0.39 is 5.63 Å². The van der Waals surface area contributed by atoms with Gasteiger partial charge >= 0.3 is 5.63 Å². The lowest BCUT2D eigenvalue weighted by Gasteiger charge is -2.20. The van der Waals surface area contributed by atoms with E-state index in [1.807, 2.05) is 35.2 Å². The molecule has 2 heterocycles. The van der Waals surface area contributed by atoms with E-state index in [1.165, 1.54) is 24.3 Å². The van der Waals surface area contributed by atoms with Crippen molar-refractivity contribution in [2.45, 2.75) is 12.5 Å². The summed E-state index contributed by atoms with van der Waals surface area (Å²) in [4.78, 5) is 23.2. The lowest BCUT2D eigenvalue weighted by atomic mass is 10.1. The third kappa shape index (κ3) is 4.44. The standard InChI is InChI=1S/C19H17FN2O3/c20-16-5-3-4-14(10-16)11-17(22-8-1-2-9-22)12-21-19(24)15-6-7-18(23)25-13-15/h1-10,13,17H,11-12H2,(H,21,24)/t17-/m0/s1. The predicted molar refractivity (Wildman–Crippen MR) is 90.9 cm³/mol. The Labute approximate surface area is 143 Å². The summed E-state index contributed by atoms with van der Waals surface area (Å²) in [6, 6.07) is 12.7. The summed E-state index contributed by atoms with van der Waals surface area (Å²) >= 11 is 0. The van der Waals surface area contributed by atoms with Crippen LogP contribution in [0, 0.1) is 5.82 Å². The molecule has 3 aromatic rings. The van der Waals surface area contributed by atoms with E-state index in [9.17, 15) is 14.0 Å². The Morgan fingerprint density at radius 2 is 1.96 bits per heavy atom. The second-order valence-electron chi connectivity index (χ2n) is 5.67. The molecule has 25 heavy (non-hydrogen) atoms. The molecule has 0 spiro atoms. The van der Waals surface area contributed by atoms with Gasteiger partial charge in [0.25, 0.3) is 5.91 Å². The van der Waals surface area contributed by atoms with Crippen molar-refractivity contribution in [3.63, 3.8) is 0 Å². The zero-order valence-electron chi connectivity index (χ0n) is 13.4. The van der Waals surface area contributed by atoms with Crippen molar-refractivity contribution in [3.05, 3.63) is 94.6 Å². The number of nitrogens with one attached hydrogen (secondary N) is 1. The summed E-state index contributed by atoms with van der Waals surface area (Å²) in [7, 11) is 0. The highest BCUT2D eigenvalue weighted by molar-refractivity contribution is 5.93. The number of halogens is 1. The molecule has 0 saturated heterocycles. The van der Waals surface area contributed by atoms with E-state index in [0.29, 0.717) is 13.0 Å². The fourth-order valence-corrected chi connectivity index (χ4v) is 2.61. The van der Waals surface area contributed by atoms with Crippen molar-refractivity contribution in [1.82, 2.24) is 9.88 Å². The maximum Gasteiger partial charge on any atom is 0.335 e. The SMILES string of the molecule is O=C(NC[C@H](Cc1cccc(F)c1)n1cccc1)c1ccc(=O)oc1. The van der Waals surface area contributed by atoms with Crippen LogP contribution in [0.2, 0.25) is 0 Å². The van der Waals surface area contributed by atoms with Crippen LogP contribution in [0.3, 0.4) is 0 Å². The first-order valence-electron chi connectivity index (χ1n) is 7.86. The molecule has 0 aliphatic heterocycles. The first-order valence-corrected chi connectivity index (χ1v) is 7.86. The molecule has 6 heteroatoms. The topological polar surface area (TPSA) is 64.2 Å². The number of aromatic nitrogens is 1. The Morgan fingerprint density at radius 3 is 2.64 bits per heavy atom. The van der Waals surface area contributed by atoms with Gasteiger partial charge in [-0.05, 0) is 42.3 Å². The zero-order valence-corrected chi connectivity index (χ0v) is 13.4. The molecule has 1 atom stereocenters. The van der Waals surface area contributed by atoms with E-state index >= 15 is 0 Å². The zero-order chi connectivity index (χ0) is 17.6. The molecule has 0 saturated carbocycles. The minimum Gasteiger partial charge on any atom is -0.430 e. The molecule has 128 valence electrons. The number of carbonyl (C=O) groups excluding carboxylic acids is 1. The molecule has 1 aromatic carbocycles. The Balaban J connectivity index is 1.71. The number of benzene rings is 1. The summed E-state index contributed by atoms with van der Waals surface area (Å²) in [5.41, 5.74) is 0.614. The number of nitrogens with zero attached hydrogens (tertiary/aromatic N) is 1. The van der Waals surface area contributed by atoms with Gasteiger partial charge in [0.2, 0.25) is 0 Å². The average molecular weight is 340 g/mol. The van der Waals surface area contributed by atoms with Crippen LogP contribution < -0.4 is 10.9 Å². The molecule has 2 aromatic heterocycles. The number of carbonyl (C=O) groups is 1. The van der Waals surface area contributed by atoms with Gasteiger partial charge < -0.3 is 14.3 Å². The molecule has 0 aliphatic carbocycles. The summed E-state index contributed by atoms with van der Waals surface area (Å²) in [6.07, 6.45) is 5.50. The Hall–Kier alpha value is -3.15. The summed E-state index contributed by atoms with van der Waals surface area (Å²) < 4.78 is 20.1. The highest BCUT2D eigenvalue weighted by Crippen LogP contribution is 2.15. The van der Waals surface area contributed by atoms with Gasteiger partial charge in [-0.3, -0.25) is 4.79 Å². The Morgan fingerprint density at radius 1 is 1.16 bits per heavy atom. The monoisotopic (exact) mass is 340 g/mol. The largest absolute Gasteiger partial charge is 0.430 e. The van der Waals surface area contributed by atoms with E-state index in [1.54, 1.807) is 6.07 Å². The Bertz CT molecular complexity index is 883. The smallest absolute Gasteiger partial charge is 0.335 e. The summed E-state index contributed by atoms with van der Waals surface area (Å²) in [5, 5.41) is 2.83. The van der Waals surface area contributed by atoms with Crippen molar-refractivity contribution in [2.75, 3.05) is 6.54 Å². The lowest BCUT2D eigenvalue weighted by Crippen LogP contribution is -2.31. The molecule has 1 N–H and O–H groups in total. The molecule has 0 aliphatic rings. The van der Waals surface area contributed by atoms with Crippen molar-refractivity contribution >= 4 is 5.91 Å². The van der Waals surface area contributed by atoms with Crippen LogP contribution in [-0.2, 0) is 6.42 Å². The normalized spacial score (nSPS) is 11.9. The second kappa shape index (κ2) is 7.61. The fourth-order valence-electron chi connectivity index (χ4n) is 2.61. The van der Waals surface area contributed by atoms with Crippen LogP contribution >= 0.6 is 0 Å². The first kappa shape index (κ1) is 16.7. The van der Waals surface area contributed by atoms with Gasteiger partial charge in [-0.2, -0.15) is 0 Å². The molecule has 0 fully saturated rings. The molecule has 0 radical (unpaired) electrons. The number of rotatable bonds is 6. The van der Waals surface area contributed by atoms with Crippen LogP contribution in [0.25, 0.3) is 0 Å². The van der Waals surface area contributed by atoms with E-state index in [2.05, 4.69) is 5.32 Å². The molecule has 1 amide bonds. The molecular weight excluding hydrogens is 323 g/mol. The quantitative estimate of drug-likeness (QED) is 0.750. The number of hydrogen-bond donors (Lipinski definition) is 1. The number of hydrogen-bond acceptors (Lipinski definition) is 3. The summed E-state index contributed by atoms with van der Waals surface area (Å²) in [6.45, 7) is 0.350. The maximum absolute atomic E-state index is 13.4. The Kier molecular flexibility index (Phi) is 5.09. The van der Waals surface area contributed by atoms with Crippen LogP contribution in [0.1, 0.15) is 22.0 Å². The van der Waals surface area contributed by atoms with Gasteiger partial charge in [-0.15, -0.1) is 0 Å². The van der Waals surface area contributed by atoms with Crippen molar-refractivity contribution in [1.29, 1.82) is 0 Å². The minimum absolute atomic E-state index is 0.0727. The molecule has 0 bridgehead atoms. The van der Waals surface area contributed by atoms with Gasteiger partial charge in [-0.25, -0.2) is 9.18 Å². The third-order valence-electron chi connectivity index (χ3n) is 3.87. The number of amides is 1. The molecular formula is C19H17FN2O3. The predicted octanol–water partition coefficient (Wildman–Crippen LogP) is 2.79. The van der Waals surface area contributed by atoms with Crippen LogP contribution in [0.15, 0.2) is 76.4 Å². The minimum atomic E-state index is -0.507. The van der Waals surface area contributed by atoms with Gasteiger partial charge in [-0.1, -0.05) is 12.1 Å². The fraction of sp³-hybridized carbons (Fsp3) is 0.158. The summed E-state index contributed by atoms with van der Waals surface area (Å²) in [5.74, 6) is -0.618. The van der Waals surface area contributed by atoms with Gasteiger partial charge in [0.1, 0.15) is 12.1 Å². The van der Waals surface area contributed by atoms with Crippen molar-refractivity contribution < 1.29 is 13.6 Å². The first-order chi connectivity index (χ1) is 12.1. The molecule has 3 rings (SSSR count). The van der Waals surface area contributed by atoms with E-state index in [-0.39, 0.29) is 23.3 Å². The van der Waals surface area contributed by atoms with Gasteiger partial charge in [0.05, 0.1) is 11.6 Å². The van der Waals surface area contributed by atoms with Gasteiger partial charge in [0.15, 0.2) is 0 Å². The maximum atomic E-state index is 13.4. The highest BCUT2D eigenvalue weighted by Gasteiger charge is 2.14. The lowest BCUT2D eigenvalue weighted by molar-refractivity contribution is 0.0945. The van der Waals surface area contributed by atoms with Crippen LogP contribution in [0.5, 0.6) is 0 Å². The van der Waals surface area contributed by atoms with E-state index in [0.717, 1.165) is 11.8 Å². The molecule has 5 nitrogen and oxygen atoms in total. The van der Waals surface area contributed by atoms with E-state index in [4.69, 9.17) is 4.42 Å². The van der Waals surface area contributed by atoms with Crippen LogP contribution in [-0.4, -0.2) is 17.0 Å². The highest BCUT2D eigenvalue weighted by atomic mass is 19.1. The van der Waals surface area contributed by atoms with Gasteiger partial charge in [0, 0.05) is 25.0 Å². The molecule has 0 unspecified atom stereocenters. The average Bonchev–Trinajstić information content (AvgIpc) is 3.13. The van der Waals surface area contributed by atoms with Crippen molar-refractivity contribution in [2.24, 2.45) is 0 Å². The van der Waals surface area contributed by atoms with Crippen LogP contribution in [0.4, 0.5) is 4.39 Å². The van der Waals surface area contributed by atoms with Crippen molar-refractivity contribution in [3.8, 4) is 0 Å². The third-order valence-corrected chi connectivity index (χ3v) is 3.87. The second-order valence-corrected chi connectivity index (χ2v) is 5.67.